The molecule has 1 aliphatic heterocycles. The third kappa shape index (κ3) is 4.47. The van der Waals surface area contributed by atoms with Gasteiger partial charge in [0.25, 0.3) is 11.6 Å². The van der Waals surface area contributed by atoms with E-state index in [4.69, 9.17) is 4.42 Å². The van der Waals surface area contributed by atoms with E-state index in [1.165, 1.54) is 6.07 Å². The minimum Gasteiger partial charge on any atom is -0.436 e. The number of nitrogens with one attached hydrogen (secondary N) is 1. The van der Waals surface area contributed by atoms with Crippen molar-refractivity contribution in [3.63, 3.8) is 0 Å². The van der Waals surface area contributed by atoms with Crippen molar-refractivity contribution in [2.45, 2.75) is 26.7 Å². The first-order valence-electron chi connectivity index (χ1n) is 11.7. The molecular weight excluding hydrogens is 444 g/mol. The van der Waals surface area contributed by atoms with Crippen LogP contribution in [0, 0.1) is 23.0 Å². The highest BCUT2D eigenvalue weighted by Gasteiger charge is 2.25. The summed E-state index contributed by atoms with van der Waals surface area (Å²) in [7, 11) is 0. The highest BCUT2D eigenvalue weighted by molar-refractivity contribution is 6.06. The molecule has 4 aromatic rings. The smallest absolute Gasteiger partial charge is 0.293 e. The molecule has 1 saturated heterocycles. The maximum Gasteiger partial charge on any atom is 0.293 e. The number of benzene rings is 3. The highest BCUT2D eigenvalue weighted by atomic mass is 16.6. The van der Waals surface area contributed by atoms with Crippen LogP contribution < -0.4 is 10.2 Å². The Bertz CT molecular complexity index is 1390. The van der Waals surface area contributed by atoms with Gasteiger partial charge in [0.15, 0.2) is 5.58 Å². The Morgan fingerprint density at radius 1 is 1.11 bits per heavy atom. The zero-order valence-corrected chi connectivity index (χ0v) is 19.7. The molecule has 0 spiro atoms. The van der Waals surface area contributed by atoms with Crippen LogP contribution in [-0.4, -0.2) is 28.9 Å². The van der Waals surface area contributed by atoms with Gasteiger partial charge in [0.1, 0.15) is 11.2 Å². The number of carbonyl (C=O) groups excluding carboxylic acids is 1. The summed E-state index contributed by atoms with van der Waals surface area (Å²) < 4.78 is 5.90. The summed E-state index contributed by atoms with van der Waals surface area (Å²) in [6.45, 7) is 5.62. The number of nitrogens with zero attached hydrogens (tertiary/aromatic N) is 3. The molecule has 0 saturated carbocycles. The third-order valence-electron chi connectivity index (χ3n) is 6.66. The molecule has 2 heterocycles. The van der Waals surface area contributed by atoms with E-state index in [1.807, 2.05) is 48.2 Å². The predicted molar refractivity (Wildman–Crippen MR) is 136 cm³/mol. The number of fused-ring (bicyclic) bond motifs is 1. The van der Waals surface area contributed by atoms with E-state index >= 15 is 0 Å². The van der Waals surface area contributed by atoms with E-state index in [0.717, 1.165) is 42.6 Å². The van der Waals surface area contributed by atoms with Crippen molar-refractivity contribution < 1.29 is 14.1 Å². The average Bonchev–Trinajstić information content (AvgIpc) is 3.29. The van der Waals surface area contributed by atoms with Gasteiger partial charge in [-0.05, 0) is 67.6 Å². The maximum absolute atomic E-state index is 13.1. The van der Waals surface area contributed by atoms with Crippen LogP contribution in [0.1, 0.15) is 35.7 Å². The van der Waals surface area contributed by atoms with Crippen molar-refractivity contribution in [3.05, 3.63) is 81.9 Å². The lowest BCUT2D eigenvalue weighted by atomic mass is 9.98. The van der Waals surface area contributed by atoms with E-state index in [0.29, 0.717) is 28.8 Å². The van der Waals surface area contributed by atoms with Crippen LogP contribution in [0.2, 0.25) is 0 Å². The minimum absolute atomic E-state index is 0.0517. The molecule has 8 heteroatoms. The second-order valence-corrected chi connectivity index (χ2v) is 9.05. The summed E-state index contributed by atoms with van der Waals surface area (Å²) in [6.07, 6.45) is 1.99. The van der Waals surface area contributed by atoms with Crippen LogP contribution in [-0.2, 0) is 0 Å². The lowest BCUT2D eigenvalue weighted by molar-refractivity contribution is -0.384. The fourth-order valence-electron chi connectivity index (χ4n) is 4.51. The lowest BCUT2D eigenvalue weighted by Gasteiger charge is -2.31. The van der Waals surface area contributed by atoms with Crippen molar-refractivity contribution in [2.75, 3.05) is 23.3 Å². The topological polar surface area (TPSA) is 102 Å². The lowest BCUT2D eigenvalue weighted by Crippen LogP contribution is -2.33. The van der Waals surface area contributed by atoms with Crippen molar-refractivity contribution in [1.82, 2.24) is 4.98 Å². The summed E-state index contributed by atoms with van der Waals surface area (Å²) in [5, 5.41) is 14.7. The van der Waals surface area contributed by atoms with Gasteiger partial charge in [-0.3, -0.25) is 14.9 Å². The fraction of sp³-hybridized carbons (Fsp3) is 0.259. The fourth-order valence-corrected chi connectivity index (χ4v) is 4.51. The Kier molecular flexibility index (Phi) is 5.94. The van der Waals surface area contributed by atoms with E-state index in [1.54, 1.807) is 18.2 Å². The second kappa shape index (κ2) is 9.21. The van der Waals surface area contributed by atoms with Crippen LogP contribution in [0.5, 0.6) is 0 Å². The highest BCUT2D eigenvalue weighted by Crippen LogP contribution is 2.34. The first-order chi connectivity index (χ1) is 16.9. The van der Waals surface area contributed by atoms with Gasteiger partial charge < -0.3 is 14.6 Å². The Labute approximate surface area is 202 Å². The van der Waals surface area contributed by atoms with Gasteiger partial charge in [0.05, 0.1) is 4.92 Å². The van der Waals surface area contributed by atoms with E-state index in [9.17, 15) is 14.9 Å². The summed E-state index contributed by atoms with van der Waals surface area (Å²) >= 11 is 0. The molecule has 3 aromatic carbocycles. The minimum atomic E-state index is -0.413. The summed E-state index contributed by atoms with van der Waals surface area (Å²) in [4.78, 5) is 31.1. The van der Waals surface area contributed by atoms with Crippen molar-refractivity contribution in [3.8, 4) is 11.5 Å². The monoisotopic (exact) mass is 470 g/mol. The van der Waals surface area contributed by atoms with Gasteiger partial charge in [-0.1, -0.05) is 25.1 Å². The van der Waals surface area contributed by atoms with E-state index in [2.05, 4.69) is 17.2 Å². The van der Waals surface area contributed by atoms with Gasteiger partial charge in [0.2, 0.25) is 5.89 Å². The van der Waals surface area contributed by atoms with E-state index in [-0.39, 0.29) is 11.3 Å². The molecule has 0 atom stereocenters. The predicted octanol–water partition coefficient (Wildman–Crippen LogP) is 6.20. The number of anilines is 2. The van der Waals surface area contributed by atoms with Crippen molar-refractivity contribution in [1.29, 1.82) is 0 Å². The molecule has 0 bridgehead atoms. The second-order valence-electron chi connectivity index (χ2n) is 9.05. The molecule has 0 radical (unpaired) electrons. The summed E-state index contributed by atoms with van der Waals surface area (Å²) in [5.41, 5.74) is 4.33. The number of carbonyl (C=O) groups is 1. The molecule has 8 nitrogen and oxygen atoms in total. The number of hydrogen-bond donors (Lipinski definition) is 1. The first kappa shape index (κ1) is 22.6. The third-order valence-corrected chi connectivity index (χ3v) is 6.66. The number of hydrogen-bond acceptors (Lipinski definition) is 6. The Hall–Kier alpha value is -4.20. The molecule has 1 aliphatic rings. The van der Waals surface area contributed by atoms with Crippen molar-refractivity contribution >= 4 is 34.1 Å². The number of amides is 1. The standard InChI is InChI=1S/C27H26N4O4/c1-17-12-14-30(15-13-17)23-11-10-19(16-24(23)31(33)34)26(32)28-21-8-5-6-20(18(21)2)27-29-22-7-3-4-9-25(22)35-27/h3-11,16-17H,12-15H2,1-2H3,(H,28,32). The normalized spacial score (nSPS) is 14.3. The number of rotatable bonds is 5. The van der Waals surface area contributed by atoms with Gasteiger partial charge in [-0.2, -0.15) is 0 Å². The molecule has 1 aromatic heterocycles. The zero-order valence-electron chi connectivity index (χ0n) is 19.7. The Morgan fingerprint density at radius 3 is 2.63 bits per heavy atom. The quantitative estimate of drug-likeness (QED) is 0.275. The molecule has 35 heavy (non-hydrogen) atoms. The molecule has 1 N–H and O–H groups in total. The molecule has 1 amide bonds. The number of piperidine rings is 1. The molecule has 5 rings (SSSR count). The Morgan fingerprint density at radius 2 is 1.89 bits per heavy atom. The van der Waals surface area contributed by atoms with Crippen LogP contribution in [0.15, 0.2) is 65.1 Å². The largest absolute Gasteiger partial charge is 0.436 e. The van der Waals surface area contributed by atoms with Crippen molar-refractivity contribution in [2.24, 2.45) is 5.92 Å². The molecular formula is C27H26N4O4. The Balaban J connectivity index is 1.41. The summed E-state index contributed by atoms with van der Waals surface area (Å²) in [6, 6.07) is 17.7. The number of oxazole rings is 1. The van der Waals surface area contributed by atoms with Crippen LogP contribution in [0.4, 0.5) is 17.1 Å². The maximum atomic E-state index is 13.1. The molecule has 0 aliphatic carbocycles. The van der Waals surface area contributed by atoms with Gasteiger partial charge in [-0.15, -0.1) is 0 Å². The number of nitro benzene ring substituents is 1. The first-order valence-corrected chi connectivity index (χ1v) is 11.7. The molecule has 1 fully saturated rings. The van der Waals surface area contributed by atoms with Crippen LogP contribution in [0.3, 0.4) is 0 Å². The van der Waals surface area contributed by atoms with Gasteiger partial charge in [0, 0.05) is 36.0 Å². The number of aromatic nitrogens is 1. The van der Waals surface area contributed by atoms with Gasteiger partial charge >= 0.3 is 0 Å². The summed E-state index contributed by atoms with van der Waals surface area (Å²) in [5.74, 6) is 0.671. The number of nitro groups is 1. The van der Waals surface area contributed by atoms with Crippen LogP contribution >= 0.6 is 0 Å². The SMILES string of the molecule is Cc1c(NC(=O)c2ccc(N3CCC(C)CC3)c([N+](=O)[O-])c2)cccc1-c1nc2ccccc2o1. The number of para-hydroxylation sites is 2. The van der Waals surface area contributed by atoms with Crippen LogP contribution in [0.25, 0.3) is 22.6 Å². The molecule has 0 unspecified atom stereocenters. The van der Waals surface area contributed by atoms with Gasteiger partial charge in [-0.25, -0.2) is 4.98 Å². The zero-order chi connectivity index (χ0) is 24.5. The van der Waals surface area contributed by atoms with E-state index < -0.39 is 10.8 Å². The molecule has 178 valence electrons. The average molecular weight is 471 g/mol.